The van der Waals surface area contributed by atoms with E-state index in [0.29, 0.717) is 0 Å². The van der Waals surface area contributed by atoms with Crippen LogP contribution in [0.3, 0.4) is 0 Å². The average molecular weight is 260 g/mol. The van der Waals surface area contributed by atoms with Crippen LogP contribution in [0.25, 0.3) is 21.8 Å². The quantitative estimate of drug-likeness (QED) is 0.446. The first-order valence-corrected chi connectivity index (χ1v) is 6.60. The molecule has 4 rings (SSSR count). The van der Waals surface area contributed by atoms with Crippen LogP contribution in [0.5, 0.6) is 0 Å². The summed E-state index contributed by atoms with van der Waals surface area (Å²) in [5.74, 6) is 0. The molecule has 1 heterocycles. The number of aromatic nitrogens is 1. The molecule has 0 aliphatic heterocycles. The van der Waals surface area contributed by atoms with Gasteiger partial charge in [0.2, 0.25) is 0 Å². The average Bonchev–Trinajstić information content (AvgIpc) is 2.87. The van der Waals surface area contributed by atoms with Crippen LogP contribution in [0.2, 0.25) is 0 Å². The number of nitrogens with one attached hydrogen (secondary N) is 1. The molecule has 2 heteroatoms. The van der Waals surface area contributed by atoms with Crippen molar-refractivity contribution in [1.82, 2.24) is 4.98 Å². The van der Waals surface area contributed by atoms with Gasteiger partial charge < -0.3 is 10.7 Å². The van der Waals surface area contributed by atoms with Gasteiger partial charge in [0.15, 0.2) is 0 Å². The van der Waals surface area contributed by atoms with Gasteiger partial charge in [-0.05, 0) is 24.3 Å². The first kappa shape index (κ1) is 12.3. The molecule has 3 N–H and O–H groups in total. The Balaban J connectivity index is 0.000000147. The van der Waals surface area contributed by atoms with Crippen molar-refractivity contribution >= 4 is 27.5 Å². The molecule has 0 unspecified atom stereocenters. The second-order valence-electron chi connectivity index (χ2n) is 4.63. The number of hydrogen-bond donors (Lipinski definition) is 2. The van der Waals surface area contributed by atoms with Gasteiger partial charge in [-0.1, -0.05) is 54.6 Å². The zero-order valence-corrected chi connectivity index (χ0v) is 11.1. The highest BCUT2D eigenvalue weighted by Crippen LogP contribution is 2.24. The lowest BCUT2D eigenvalue weighted by molar-refractivity contribution is 1.55. The molecule has 98 valence electrons. The fourth-order valence-electron chi connectivity index (χ4n) is 2.25. The fourth-order valence-corrected chi connectivity index (χ4v) is 2.25. The molecular formula is C18H16N2. The molecule has 0 aliphatic carbocycles. The lowest BCUT2D eigenvalue weighted by Crippen LogP contribution is -1.79. The lowest BCUT2D eigenvalue weighted by Gasteiger charge is -1.87. The standard InChI is InChI=1S/C12H9N.C6H7N/c1-3-7-11-9(5-1)10-6-2-4-8-12(10)13-11;7-6-4-2-1-3-5-6/h1-8,13H;1-5H,7H2. The van der Waals surface area contributed by atoms with E-state index in [0.717, 1.165) is 5.69 Å². The van der Waals surface area contributed by atoms with Crippen LogP contribution in [0.1, 0.15) is 0 Å². The maximum Gasteiger partial charge on any atom is 0.0464 e. The Hall–Kier alpha value is -2.74. The summed E-state index contributed by atoms with van der Waals surface area (Å²) in [6, 6.07) is 26.2. The fraction of sp³-hybridized carbons (Fsp3) is 0. The maximum atomic E-state index is 5.36. The van der Waals surface area contributed by atoms with Gasteiger partial charge in [0.25, 0.3) is 0 Å². The summed E-state index contributed by atoms with van der Waals surface area (Å²) >= 11 is 0. The van der Waals surface area contributed by atoms with Crippen molar-refractivity contribution in [3.63, 3.8) is 0 Å². The summed E-state index contributed by atoms with van der Waals surface area (Å²) in [4.78, 5) is 3.38. The van der Waals surface area contributed by atoms with E-state index in [9.17, 15) is 0 Å². The summed E-state index contributed by atoms with van der Waals surface area (Å²) in [7, 11) is 0. The molecule has 0 bridgehead atoms. The van der Waals surface area contributed by atoms with Gasteiger partial charge in [-0.25, -0.2) is 0 Å². The van der Waals surface area contributed by atoms with Gasteiger partial charge in [0, 0.05) is 27.5 Å². The number of rotatable bonds is 0. The second-order valence-corrected chi connectivity index (χ2v) is 4.63. The van der Waals surface area contributed by atoms with E-state index in [4.69, 9.17) is 5.73 Å². The minimum Gasteiger partial charge on any atom is -0.399 e. The molecule has 0 radical (unpaired) electrons. The topological polar surface area (TPSA) is 41.8 Å². The van der Waals surface area contributed by atoms with Gasteiger partial charge in [-0.15, -0.1) is 0 Å². The number of nitrogens with two attached hydrogens (primary N) is 1. The number of nitrogen functional groups attached to an aromatic ring is 1. The highest BCUT2D eigenvalue weighted by atomic mass is 14.7. The molecule has 20 heavy (non-hydrogen) atoms. The van der Waals surface area contributed by atoms with Crippen molar-refractivity contribution in [2.75, 3.05) is 5.73 Å². The summed E-state index contributed by atoms with van der Waals surface area (Å²) in [6.07, 6.45) is 0. The summed E-state index contributed by atoms with van der Waals surface area (Å²) < 4.78 is 0. The lowest BCUT2D eigenvalue weighted by atomic mass is 10.2. The van der Waals surface area contributed by atoms with Crippen LogP contribution in [0.4, 0.5) is 5.69 Å². The second kappa shape index (κ2) is 5.49. The number of hydrogen-bond acceptors (Lipinski definition) is 1. The summed E-state index contributed by atoms with van der Waals surface area (Å²) in [5, 5.41) is 2.61. The van der Waals surface area contributed by atoms with Crippen molar-refractivity contribution < 1.29 is 0 Å². The third-order valence-corrected chi connectivity index (χ3v) is 3.21. The van der Waals surface area contributed by atoms with Crippen LogP contribution in [0, 0.1) is 0 Å². The number of anilines is 1. The molecule has 1 aromatic heterocycles. The third-order valence-electron chi connectivity index (χ3n) is 3.21. The van der Waals surface area contributed by atoms with Crippen LogP contribution >= 0.6 is 0 Å². The Morgan fingerprint density at radius 3 is 1.45 bits per heavy atom. The van der Waals surface area contributed by atoms with Crippen LogP contribution in [-0.4, -0.2) is 4.98 Å². The van der Waals surface area contributed by atoms with Gasteiger partial charge in [-0.3, -0.25) is 0 Å². The molecule has 0 amide bonds. The SMILES string of the molecule is Nc1ccccc1.c1ccc2c(c1)[nH]c1ccccc12. The van der Waals surface area contributed by atoms with Crippen LogP contribution in [0.15, 0.2) is 78.9 Å². The van der Waals surface area contributed by atoms with Crippen molar-refractivity contribution in [3.8, 4) is 0 Å². The minimum absolute atomic E-state index is 0.822. The normalized spacial score (nSPS) is 10.2. The number of aromatic amines is 1. The molecular weight excluding hydrogens is 244 g/mol. The van der Waals surface area contributed by atoms with Gasteiger partial charge in [0.05, 0.1) is 0 Å². The maximum absolute atomic E-state index is 5.36. The van der Waals surface area contributed by atoms with E-state index in [-0.39, 0.29) is 0 Å². The molecule has 2 nitrogen and oxygen atoms in total. The predicted octanol–water partition coefficient (Wildman–Crippen LogP) is 4.59. The van der Waals surface area contributed by atoms with Crippen LogP contribution in [-0.2, 0) is 0 Å². The predicted molar refractivity (Wildman–Crippen MR) is 86.7 cm³/mol. The van der Waals surface area contributed by atoms with Gasteiger partial charge >= 0.3 is 0 Å². The Morgan fingerprint density at radius 2 is 1.00 bits per heavy atom. The zero-order chi connectivity index (χ0) is 13.8. The molecule has 0 fully saturated rings. The number of para-hydroxylation sites is 3. The highest BCUT2D eigenvalue weighted by Gasteiger charge is 2.00. The van der Waals surface area contributed by atoms with Gasteiger partial charge in [0.1, 0.15) is 0 Å². The van der Waals surface area contributed by atoms with E-state index in [1.807, 2.05) is 30.3 Å². The molecule has 3 aromatic carbocycles. The molecule has 4 aromatic rings. The largest absolute Gasteiger partial charge is 0.399 e. The van der Waals surface area contributed by atoms with Crippen molar-refractivity contribution in [3.05, 3.63) is 78.9 Å². The Labute approximate surface area is 117 Å². The van der Waals surface area contributed by atoms with E-state index in [1.165, 1.54) is 21.8 Å². The molecule has 0 aliphatic rings. The van der Waals surface area contributed by atoms with Crippen molar-refractivity contribution in [2.24, 2.45) is 0 Å². The zero-order valence-electron chi connectivity index (χ0n) is 11.1. The van der Waals surface area contributed by atoms with E-state index in [2.05, 4.69) is 53.5 Å². The first-order valence-electron chi connectivity index (χ1n) is 6.60. The summed E-state index contributed by atoms with van der Waals surface area (Å²) in [6.45, 7) is 0. The van der Waals surface area contributed by atoms with E-state index >= 15 is 0 Å². The van der Waals surface area contributed by atoms with Crippen LogP contribution < -0.4 is 5.73 Å². The monoisotopic (exact) mass is 260 g/mol. The highest BCUT2D eigenvalue weighted by molar-refractivity contribution is 6.06. The van der Waals surface area contributed by atoms with Crippen molar-refractivity contribution in [2.45, 2.75) is 0 Å². The number of H-pyrrole nitrogens is 1. The molecule has 0 atom stereocenters. The Kier molecular flexibility index (Phi) is 3.38. The molecule has 0 spiro atoms. The number of fused-ring (bicyclic) bond motifs is 3. The number of benzene rings is 3. The van der Waals surface area contributed by atoms with E-state index < -0.39 is 0 Å². The van der Waals surface area contributed by atoms with E-state index in [1.54, 1.807) is 0 Å². The Bertz CT molecular complexity index is 766. The Morgan fingerprint density at radius 1 is 0.550 bits per heavy atom. The summed E-state index contributed by atoms with van der Waals surface area (Å²) in [5.41, 5.74) is 8.60. The molecule has 0 saturated heterocycles. The minimum atomic E-state index is 0.822. The first-order chi connectivity index (χ1) is 9.84. The third kappa shape index (κ3) is 2.50. The molecule has 0 saturated carbocycles. The van der Waals surface area contributed by atoms with Crippen molar-refractivity contribution in [1.29, 1.82) is 0 Å². The smallest absolute Gasteiger partial charge is 0.0464 e. The van der Waals surface area contributed by atoms with Gasteiger partial charge in [-0.2, -0.15) is 0 Å².